The molecular weight excluding hydrogens is 416 g/mol. The van der Waals surface area contributed by atoms with E-state index >= 15 is 0 Å². The second-order valence-electron chi connectivity index (χ2n) is 7.60. The molecule has 0 radical (unpaired) electrons. The van der Waals surface area contributed by atoms with E-state index in [1.54, 1.807) is 11.3 Å². The molecule has 2 unspecified atom stereocenters. The third-order valence-electron chi connectivity index (χ3n) is 5.16. The van der Waals surface area contributed by atoms with E-state index in [-0.39, 0.29) is 17.3 Å². The number of ether oxygens (including phenoxy) is 1. The maximum Gasteiger partial charge on any atom is 0.237 e. The molecule has 1 amide bonds. The first-order chi connectivity index (χ1) is 14.5. The molecule has 8 heteroatoms. The van der Waals surface area contributed by atoms with E-state index in [1.165, 1.54) is 17.3 Å². The average molecular weight is 443 g/mol. The minimum atomic E-state index is -0.311. The maximum absolute atomic E-state index is 12.8. The van der Waals surface area contributed by atoms with Gasteiger partial charge in [0.1, 0.15) is 0 Å². The SMILES string of the molecule is Cc1ccc(NC(=O)C(C)Sc2nnc(-c3cccs3)n2CC2CCCO2)c(C)c1. The van der Waals surface area contributed by atoms with Crippen molar-refractivity contribution in [3.8, 4) is 10.7 Å². The Morgan fingerprint density at radius 1 is 1.37 bits per heavy atom. The van der Waals surface area contributed by atoms with Crippen molar-refractivity contribution in [2.24, 2.45) is 0 Å². The molecule has 6 nitrogen and oxygen atoms in total. The number of aryl methyl sites for hydroxylation is 2. The summed E-state index contributed by atoms with van der Waals surface area (Å²) in [6.45, 7) is 7.46. The van der Waals surface area contributed by atoms with Gasteiger partial charge in [0.05, 0.1) is 22.8 Å². The Bertz CT molecular complexity index is 1010. The molecule has 3 aromatic rings. The van der Waals surface area contributed by atoms with Crippen molar-refractivity contribution in [1.29, 1.82) is 0 Å². The van der Waals surface area contributed by atoms with Crippen molar-refractivity contribution in [3.05, 3.63) is 46.8 Å². The lowest BCUT2D eigenvalue weighted by atomic mass is 10.1. The molecule has 0 saturated carbocycles. The number of carbonyl (C=O) groups excluding carboxylic acids is 1. The van der Waals surface area contributed by atoms with Gasteiger partial charge in [-0.3, -0.25) is 9.36 Å². The molecule has 158 valence electrons. The van der Waals surface area contributed by atoms with Crippen LogP contribution in [0.2, 0.25) is 0 Å². The van der Waals surface area contributed by atoms with Gasteiger partial charge in [-0.2, -0.15) is 0 Å². The van der Waals surface area contributed by atoms with Gasteiger partial charge in [0.15, 0.2) is 11.0 Å². The Labute approximate surface area is 185 Å². The number of hydrogen-bond donors (Lipinski definition) is 1. The monoisotopic (exact) mass is 442 g/mol. The van der Waals surface area contributed by atoms with Crippen LogP contribution in [0, 0.1) is 13.8 Å². The summed E-state index contributed by atoms with van der Waals surface area (Å²) in [5.74, 6) is 0.793. The number of nitrogens with zero attached hydrogens (tertiary/aromatic N) is 3. The van der Waals surface area contributed by atoms with Gasteiger partial charge in [0.25, 0.3) is 0 Å². The number of nitrogens with one attached hydrogen (secondary N) is 1. The van der Waals surface area contributed by atoms with Crippen LogP contribution in [0.25, 0.3) is 10.7 Å². The van der Waals surface area contributed by atoms with Crippen LogP contribution >= 0.6 is 23.1 Å². The van der Waals surface area contributed by atoms with Crippen LogP contribution in [0.4, 0.5) is 5.69 Å². The summed E-state index contributed by atoms with van der Waals surface area (Å²) < 4.78 is 7.95. The number of thiophene rings is 1. The van der Waals surface area contributed by atoms with Gasteiger partial charge < -0.3 is 10.1 Å². The molecule has 3 heterocycles. The number of carbonyl (C=O) groups is 1. The molecule has 1 aromatic carbocycles. The highest BCUT2D eigenvalue weighted by molar-refractivity contribution is 8.00. The van der Waals surface area contributed by atoms with E-state index in [1.807, 2.05) is 50.4 Å². The summed E-state index contributed by atoms with van der Waals surface area (Å²) in [6.07, 6.45) is 2.28. The minimum Gasteiger partial charge on any atom is -0.376 e. The van der Waals surface area contributed by atoms with Crippen LogP contribution in [0.3, 0.4) is 0 Å². The van der Waals surface area contributed by atoms with Crippen LogP contribution < -0.4 is 5.32 Å². The highest BCUT2D eigenvalue weighted by atomic mass is 32.2. The zero-order valence-electron chi connectivity index (χ0n) is 17.4. The number of hydrogen-bond acceptors (Lipinski definition) is 6. The van der Waals surface area contributed by atoms with Gasteiger partial charge >= 0.3 is 0 Å². The van der Waals surface area contributed by atoms with Gasteiger partial charge in [-0.1, -0.05) is 35.5 Å². The van der Waals surface area contributed by atoms with Crippen LogP contribution in [-0.4, -0.2) is 38.6 Å². The van der Waals surface area contributed by atoms with E-state index in [0.29, 0.717) is 6.54 Å². The molecule has 0 spiro atoms. The number of aromatic nitrogens is 3. The number of amides is 1. The zero-order valence-corrected chi connectivity index (χ0v) is 19.1. The molecule has 1 saturated heterocycles. The van der Waals surface area contributed by atoms with Gasteiger partial charge in [-0.05, 0) is 56.7 Å². The lowest BCUT2D eigenvalue weighted by Gasteiger charge is -2.16. The zero-order chi connectivity index (χ0) is 21.1. The predicted molar refractivity (Wildman–Crippen MR) is 122 cm³/mol. The number of anilines is 1. The second-order valence-corrected chi connectivity index (χ2v) is 9.85. The summed E-state index contributed by atoms with van der Waals surface area (Å²) in [6, 6.07) is 10.1. The Balaban J connectivity index is 1.52. The molecule has 0 bridgehead atoms. The molecule has 1 aliphatic heterocycles. The minimum absolute atomic E-state index is 0.0451. The third-order valence-corrected chi connectivity index (χ3v) is 7.11. The van der Waals surface area contributed by atoms with Crippen molar-refractivity contribution < 1.29 is 9.53 Å². The second kappa shape index (κ2) is 9.32. The first-order valence-corrected chi connectivity index (χ1v) is 11.9. The van der Waals surface area contributed by atoms with Gasteiger partial charge in [-0.25, -0.2) is 0 Å². The molecule has 1 fully saturated rings. The fourth-order valence-electron chi connectivity index (χ4n) is 3.52. The van der Waals surface area contributed by atoms with Crippen LogP contribution in [0.1, 0.15) is 30.9 Å². The lowest BCUT2D eigenvalue weighted by Crippen LogP contribution is -2.24. The fourth-order valence-corrected chi connectivity index (χ4v) is 5.10. The number of benzene rings is 1. The summed E-state index contributed by atoms with van der Waals surface area (Å²) in [5, 5.41) is 14.4. The highest BCUT2D eigenvalue weighted by Crippen LogP contribution is 2.31. The predicted octanol–water partition coefficient (Wildman–Crippen LogP) is 4.92. The first kappa shape index (κ1) is 21.1. The van der Waals surface area contributed by atoms with Crippen LogP contribution in [0.15, 0.2) is 40.9 Å². The molecule has 0 aliphatic carbocycles. The highest BCUT2D eigenvalue weighted by Gasteiger charge is 2.25. The summed E-state index contributed by atoms with van der Waals surface area (Å²) in [7, 11) is 0. The van der Waals surface area contributed by atoms with Gasteiger partial charge in [0, 0.05) is 12.3 Å². The molecule has 2 aromatic heterocycles. The quantitative estimate of drug-likeness (QED) is 0.526. The van der Waals surface area contributed by atoms with E-state index < -0.39 is 0 Å². The summed E-state index contributed by atoms with van der Waals surface area (Å²) in [4.78, 5) is 13.9. The normalized spacial score (nSPS) is 17.2. The smallest absolute Gasteiger partial charge is 0.237 e. The van der Waals surface area contributed by atoms with E-state index in [2.05, 4.69) is 26.1 Å². The standard InChI is InChI=1S/C22H26N4O2S2/c1-14-8-9-18(15(2)12-14)23-21(27)16(3)30-22-25-24-20(19-7-5-11-29-19)26(22)13-17-6-4-10-28-17/h5,7-9,11-12,16-17H,4,6,10,13H2,1-3H3,(H,23,27). The molecule has 2 atom stereocenters. The Kier molecular flexibility index (Phi) is 6.55. The van der Waals surface area contributed by atoms with Crippen molar-refractivity contribution in [2.75, 3.05) is 11.9 Å². The molecule has 4 rings (SSSR count). The molecule has 1 N–H and O–H groups in total. The van der Waals surface area contributed by atoms with Crippen molar-refractivity contribution in [3.63, 3.8) is 0 Å². The van der Waals surface area contributed by atoms with Crippen LogP contribution in [0.5, 0.6) is 0 Å². The van der Waals surface area contributed by atoms with Crippen LogP contribution in [-0.2, 0) is 16.1 Å². The van der Waals surface area contributed by atoms with Crippen molar-refractivity contribution in [1.82, 2.24) is 14.8 Å². The summed E-state index contributed by atoms with van der Waals surface area (Å²) in [5.41, 5.74) is 3.08. The average Bonchev–Trinajstić information content (AvgIpc) is 3.47. The number of thioether (sulfide) groups is 1. The molecular formula is C22H26N4O2S2. The topological polar surface area (TPSA) is 69.0 Å². The van der Waals surface area contributed by atoms with E-state index in [9.17, 15) is 4.79 Å². The van der Waals surface area contributed by atoms with E-state index in [0.717, 1.165) is 46.6 Å². The first-order valence-electron chi connectivity index (χ1n) is 10.1. The van der Waals surface area contributed by atoms with Gasteiger partial charge in [-0.15, -0.1) is 21.5 Å². The largest absolute Gasteiger partial charge is 0.376 e. The molecule has 1 aliphatic rings. The van der Waals surface area contributed by atoms with Crippen molar-refractivity contribution >= 4 is 34.7 Å². The Hall–Kier alpha value is -2.16. The lowest BCUT2D eigenvalue weighted by molar-refractivity contribution is -0.115. The Morgan fingerprint density at radius 3 is 2.93 bits per heavy atom. The van der Waals surface area contributed by atoms with Gasteiger partial charge in [0.2, 0.25) is 5.91 Å². The number of rotatable bonds is 7. The summed E-state index contributed by atoms with van der Waals surface area (Å²) >= 11 is 3.07. The third kappa shape index (κ3) is 4.77. The fraction of sp³-hybridized carbons (Fsp3) is 0.409. The maximum atomic E-state index is 12.8. The Morgan fingerprint density at radius 2 is 2.23 bits per heavy atom. The van der Waals surface area contributed by atoms with E-state index in [4.69, 9.17) is 4.74 Å². The van der Waals surface area contributed by atoms with Crippen molar-refractivity contribution in [2.45, 2.75) is 56.7 Å². The molecule has 30 heavy (non-hydrogen) atoms.